The van der Waals surface area contributed by atoms with Crippen LogP contribution in [0.5, 0.6) is 0 Å². The van der Waals surface area contributed by atoms with Crippen molar-refractivity contribution in [3.8, 4) is 11.1 Å². The first-order valence-corrected chi connectivity index (χ1v) is 5.06. The molecule has 0 radical (unpaired) electrons. The fourth-order valence-corrected chi connectivity index (χ4v) is 1.65. The molecule has 80 valence electrons. The number of hydrogen-bond acceptors (Lipinski definition) is 2. The van der Waals surface area contributed by atoms with E-state index in [4.69, 9.17) is 1.37 Å². The van der Waals surface area contributed by atoms with Gasteiger partial charge in [-0.3, -0.25) is 0 Å². The fraction of sp³-hybridized carbons (Fsp3) is 0.0769. The molecule has 16 heavy (non-hydrogen) atoms. The lowest BCUT2D eigenvalue weighted by atomic mass is 9.76. The van der Waals surface area contributed by atoms with E-state index in [2.05, 4.69) is 0 Å². The van der Waals surface area contributed by atoms with E-state index in [1.807, 2.05) is 36.4 Å². The summed E-state index contributed by atoms with van der Waals surface area (Å²) in [6, 6.07) is 15.1. The van der Waals surface area contributed by atoms with E-state index in [0.29, 0.717) is 11.0 Å². The third-order valence-electron chi connectivity index (χ3n) is 2.53. The highest BCUT2D eigenvalue weighted by Gasteiger charge is 2.14. The van der Waals surface area contributed by atoms with E-state index in [1.165, 1.54) is 0 Å². The zero-order chi connectivity index (χ0) is 12.3. The molecule has 0 aromatic heterocycles. The molecule has 0 aliphatic carbocycles. The van der Waals surface area contributed by atoms with E-state index in [0.717, 1.165) is 11.1 Å². The molecule has 0 spiro atoms. The second-order valence-corrected chi connectivity index (χ2v) is 3.65. The Morgan fingerprint density at radius 3 is 2.38 bits per heavy atom. The second-order valence-electron chi connectivity index (χ2n) is 3.65. The monoisotopic (exact) mass is 213 g/mol. The van der Waals surface area contributed by atoms with Gasteiger partial charge in [-0.25, -0.2) is 0 Å². The maximum atomic E-state index is 9.28. The van der Waals surface area contributed by atoms with Crippen molar-refractivity contribution in [3.05, 3.63) is 54.1 Å². The summed E-state index contributed by atoms with van der Waals surface area (Å²) in [5, 5.41) is 18.6. The fourth-order valence-electron chi connectivity index (χ4n) is 1.65. The van der Waals surface area contributed by atoms with Gasteiger partial charge in [-0.05, 0) is 23.5 Å². The molecule has 0 bridgehead atoms. The van der Waals surface area contributed by atoms with Crippen LogP contribution in [0.3, 0.4) is 0 Å². The molecular formula is C13H13BO2. The van der Waals surface area contributed by atoms with Crippen LogP contribution in [0.4, 0.5) is 0 Å². The first kappa shape index (κ1) is 9.64. The van der Waals surface area contributed by atoms with Crippen molar-refractivity contribution in [1.82, 2.24) is 0 Å². The van der Waals surface area contributed by atoms with Crippen LogP contribution in [0.1, 0.15) is 6.93 Å². The molecule has 2 nitrogen and oxygen atoms in total. The van der Waals surface area contributed by atoms with Crippen LogP contribution in [-0.4, -0.2) is 17.2 Å². The molecular weight excluding hydrogens is 199 g/mol. The average molecular weight is 213 g/mol. The van der Waals surface area contributed by atoms with Gasteiger partial charge in [0.2, 0.25) is 0 Å². The van der Waals surface area contributed by atoms with Crippen molar-refractivity contribution in [2.45, 2.75) is 6.90 Å². The van der Waals surface area contributed by atoms with Gasteiger partial charge >= 0.3 is 7.12 Å². The molecule has 3 heteroatoms. The smallest absolute Gasteiger partial charge is 0.423 e. The molecule has 0 atom stereocenters. The van der Waals surface area contributed by atoms with Gasteiger partial charge < -0.3 is 10.0 Å². The molecule has 0 amide bonds. The van der Waals surface area contributed by atoms with Crippen LogP contribution in [0.2, 0.25) is 0 Å². The lowest BCUT2D eigenvalue weighted by Crippen LogP contribution is -2.32. The van der Waals surface area contributed by atoms with Gasteiger partial charge in [0.05, 0.1) is 0 Å². The van der Waals surface area contributed by atoms with E-state index in [-0.39, 0.29) is 6.90 Å². The summed E-state index contributed by atoms with van der Waals surface area (Å²) in [5.74, 6) is 0. The SMILES string of the molecule is [2H]Cc1ccc(-c2ccccc2)cc1B(O)O. The topological polar surface area (TPSA) is 40.5 Å². The van der Waals surface area contributed by atoms with Gasteiger partial charge in [-0.15, -0.1) is 0 Å². The summed E-state index contributed by atoms with van der Waals surface area (Å²) in [4.78, 5) is 0. The Bertz CT molecular complexity index is 500. The van der Waals surface area contributed by atoms with Crippen molar-refractivity contribution in [2.75, 3.05) is 0 Å². The van der Waals surface area contributed by atoms with Crippen LogP contribution in [0.25, 0.3) is 11.1 Å². The van der Waals surface area contributed by atoms with Crippen LogP contribution in [0, 0.1) is 6.90 Å². The number of rotatable bonds is 2. The van der Waals surface area contributed by atoms with Crippen LogP contribution >= 0.6 is 0 Å². The zero-order valence-corrected chi connectivity index (χ0v) is 8.80. The summed E-state index contributed by atoms with van der Waals surface area (Å²) >= 11 is 0. The van der Waals surface area contributed by atoms with Crippen LogP contribution in [-0.2, 0) is 0 Å². The number of aryl methyl sites for hydroxylation is 1. The Morgan fingerprint density at radius 1 is 1.00 bits per heavy atom. The summed E-state index contributed by atoms with van der Waals surface area (Å²) in [5.41, 5.74) is 2.98. The summed E-state index contributed by atoms with van der Waals surface area (Å²) in [6.45, 7) is 0.0437. The standard InChI is InChI=1S/C13H13BO2/c1-10-7-8-12(9-13(10)14(15)16)11-5-3-2-4-6-11/h2-9,15-16H,1H3/i1D. The Balaban J connectivity index is 2.48. The Kier molecular flexibility index (Phi) is 2.72. The molecule has 0 aliphatic rings. The molecule has 2 N–H and O–H groups in total. The first-order valence-electron chi connectivity index (χ1n) is 5.76. The highest BCUT2D eigenvalue weighted by molar-refractivity contribution is 6.59. The predicted molar refractivity (Wildman–Crippen MR) is 66.4 cm³/mol. The lowest BCUT2D eigenvalue weighted by Gasteiger charge is -2.08. The molecule has 0 heterocycles. The van der Waals surface area contributed by atoms with Gasteiger partial charge in [0, 0.05) is 1.37 Å². The maximum Gasteiger partial charge on any atom is 0.488 e. The molecule has 0 fully saturated rings. The molecule has 2 aromatic rings. The van der Waals surface area contributed by atoms with E-state index >= 15 is 0 Å². The molecule has 0 unspecified atom stereocenters. The molecule has 0 saturated heterocycles. The average Bonchev–Trinajstić information content (AvgIpc) is 2.39. The summed E-state index contributed by atoms with van der Waals surface area (Å²) in [6.07, 6.45) is 0. The Labute approximate surface area is 96.7 Å². The van der Waals surface area contributed by atoms with E-state index in [9.17, 15) is 10.0 Å². The van der Waals surface area contributed by atoms with Gasteiger partial charge in [0.1, 0.15) is 0 Å². The maximum absolute atomic E-state index is 9.28. The Hall–Kier alpha value is -1.58. The Morgan fingerprint density at radius 2 is 1.75 bits per heavy atom. The number of hydrogen-bond donors (Lipinski definition) is 2. The molecule has 2 aromatic carbocycles. The third-order valence-corrected chi connectivity index (χ3v) is 2.53. The normalized spacial score (nSPS) is 11.0. The van der Waals surface area contributed by atoms with Crippen LogP contribution in [0.15, 0.2) is 48.5 Å². The highest BCUT2D eigenvalue weighted by atomic mass is 16.4. The van der Waals surface area contributed by atoms with Crippen molar-refractivity contribution in [1.29, 1.82) is 0 Å². The lowest BCUT2D eigenvalue weighted by molar-refractivity contribution is 0.425. The van der Waals surface area contributed by atoms with Crippen LogP contribution < -0.4 is 5.46 Å². The van der Waals surface area contributed by atoms with E-state index in [1.54, 1.807) is 12.1 Å². The van der Waals surface area contributed by atoms with Gasteiger partial charge in [-0.2, -0.15) is 0 Å². The molecule has 0 saturated carbocycles. The van der Waals surface area contributed by atoms with Crippen molar-refractivity contribution in [3.63, 3.8) is 0 Å². The molecule has 0 aliphatic heterocycles. The van der Waals surface area contributed by atoms with Crippen molar-refractivity contribution in [2.24, 2.45) is 0 Å². The van der Waals surface area contributed by atoms with E-state index < -0.39 is 7.12 Å². The number of benzene rings is 2. The highest BCUT2D eigenvalue weighted by Crippen LogP contribution is 2.18. The summed E-state index contributed by atoms with van der Waals surface area (Å²) in [7, 11) is -1.53. The first-order chi connectivity index (χ1) is 8.22. The van der Waals surface area contributed by atoms with Crippen molar-refractivity contribution < 1.29 is 11.4 Å². The zero-order valence-electron chi connectivity index (χ0n) is 9.80. The largest absolute Gasteiger partial charge is 0.488 e. The summed E-state index contributed by atoms with van der Waals surface area (Å²) < 4.78 is 7.33. The minimum absolute atomic E-state index is 0.0437. The minimum atomic E-state index is -1.53. The molecule has 2 rings (SSSR count). The van der Waals surface area contributed by atoms with Gasteiger partial charge in [-0.1, -0.05) is 54.1 Å². The van der Waals surface area contributed by atoms with Crippen molar-refractivity contribution >= 4 is 12.6 Å². The van der Waals surface area contributed by atoms with Gasteiger partial charge in [0.25, 0.3) is 0 Å². The predicted octanol–water partition coefficient (Wildman–Crippen LogP) is 1.34. The second kappa shape index (κ2) is 4.52. The van der Waals surface area contributed by atoms with Gasteiger partial charge in [0.15, 0.2) is 0 Å². The quantitative estimate of drug-likeness (QED) is 0.739. The minimum Gasteiger partial charge on any atom is -0.423 e. The third kappa shape index (κ3) is 2.16.